The van der Waals surface area contributed by atoms with Gasteiger partial charge in [0.1, 0.15) is 11.5 Å². The van der Waals surface area contributed by atoms with Gasteiger partial charge < -0.3 is 10.2 Å². The first kappa shape index (κ1) is 14.4. The molecule has 20 heavy (non-hydrogen) atoms. The van der Waals surface area contributed by atoms with Crippen molar-refractivity contribution in [1.29, 1.82) is 0 Å². The van der Waals surface area contributed by atoms with Crippen LogP contribution in [0.5, 0.6) is 11.5 Å². The number of phenolic OH excluding ortho intramolecular Hbond substituents is 2. The van der Waals surface area contributed by atoms with E-state index in [-0.39, 0.29) is 11.5 Å². The van der Waals surface area contributed by atoms with Crippen LogP contribution >= 0.6 is 0 Å². The Morgan fingerprint density at radius 1 is 0.800 bits per heavy atom. The predicted molar refractivity (Wildman–Crippen MR) is 83.3 cm³/mol. The van der Waals surface area contributed by atoms with Crippen LogP contribution in [0.3, 0.4) is 0 Å². The molecule has 2 heteroatoms. The molecule has 2 N–H and O–H groups in total. The number of phenols is 2. The molecule has 0 aliphatic heterocycles. The van der Waals surface area contributed by atoms with Crippen molar-refractivity contribution < 1.29 is 10.2 Å². The van der Waals surface area contributed by atoms with Crippen LogP contribution in [0.2, 0.25) is 0 Å². The molecule has 0 aliphatic rings. The molecule has 0 saturated heterocycles. The Kier molecular flexibility index (Phi) is 4.33. The summed E-state index contributed by atoms with van der Waals surface area (Å²) in [5, 5.41) is 19.8. The van der Waals surface area contributed by atoms with Gasteiger partial charge in [-0.2, -0.15) is 0 Å². The summed E-state index contributed by atoms with van der Waals surface area (Å²) in [5.41, 5.74) is 5.59. The third-order valence-corrected chi connectivity index (χ3v) is 3.82. The summed E-state index contributed by atoms with van der Waals surface area (Å²) in [5.74, 6) is 0.396. The maximum Gasteiger partial charge on any atom is 0.123 e. The lowest BCUT2D eigenvalue weighted by Gasteiger charge is -2.16. The minimum atomic E-state index is 0.180. The molecule has 0 amide bonds. The molecule has 2 aromatic rings. The molecule has 0 bridgehead atoms. The van der Waals surface area contributed by atoms with Crippen LogP contribution in [0.1, 0.15) is 37.5 Å². The molecule has 0 heterocycles. The molecule has 2 nitrogen and oxygen atoms in total. The van der Waals surface area contributed by atoms with Gasteiger partial charge in [0.05, 0.1) is 0 Å². The lowest BCUT2D eigenvalue weighted by molar-refractivity contribution is 0.462. The van der Waals surface area contributed by atoms with E-state index in [2.05, 4.69) is 32.9 Å². The molecule has 2 rings (SSSR count). The van der Waals surface area contributed by atoms with E-state index in [0.29, 0.717) is 5.56 Å². The lowest BCUT2D eigenvalue weighted by Crippen LogP contribution is -1.98. The summed E-state index contributed by atoms with van der Waals surface area (Å²) < 4.78 is 0. The van der Waals surface area contributed by atoms with Gasteiger partial charge in [-0.1, -0.05) is 32.9 Å². The van der Waals surface area contributed by atoms with Gasteiger partial charge in [-0.05, 0) is 59.7 Å². The van der Waals surface area contributed by atoms with Crippen molar-refractivity contribution in [3.8, 4) is 22.6 Å². The minimum Gasteiger partial charge on any atom is -0.508 e. The zero-order chi connectivity index (χ0) is 14.7. The van der Waals surface area contributed by atoms with E-state index in [1.54, 1.807) is 12.1 Å². The third-order valence-electron chi connectivity index (χ3n) is 3.82. The highest BCUT2D eigenvalue weighted by atomic mass is 16.3. The molecule has 0 unspecified atom stereocenters. The molecule has 0 aliphatic carbocycles. The number of hydrogen-bond donors (Lipinski definition) is 2. The smallest absolute Gasteiger partial charge is 0.123 e. The van der Waals surface area contributed by atoms with Gasteiger partial charge in [-0.3, -0.25) is 0 Å². The van der Waals surface area contributed by atoms with Crippen LogP contribution < -0.4 is 0 Å². The van der Waals surface area contributed by atoms with Gasteiger partial charge in [-0.25, -0.2) is 0 Å². The average molecular weight is 270 g/mol. The van der Waals surface area contributed by atoms with Gasteiger partial charge in [0, 0.05) is 5.56 Å². The zero-order valence-electron chi connectivity index (χ0n) is 12.4. The van der Waals surface area contributed by atoms with Gasteiger partial charge >= 0.3 is 0 Å². The molecule has 0 saturated carbocycles. The largest absolute Gasteiger partial charge is 0.508 e. The van der Waals surface area contributed by atoms with E-state index in [0.717, 1.165) is 24.8 Å². The molecular weight excluding hydrogens is 248 g/mol. The van der Waals surface area contributed by atoms with Crippen molar-refractivity contribution in [1.82, 2.24) is 0 Å². The van der Waals surface area contributed by atoms with Crippen molar-refractivity contribution in [2.24, 2.45) is 0 Å². The highest BCUT2D eigenvalue weighted by molar-refractivity contribution is 5.76. The Hall–Kier alpha value is -1.96. The molecular formula is C18H22O2. The highest BCUT2D eigenvalue weighted by Gasteiger charge is 2.13. The topological polar surface area (TPSA) is 40.5 Å². The molecule has 0 radical (unpaired) electrons. The maximum absolute atomic E-state index is 10.1. The number of aromatic hydroxyl groups is 2. The number of rotatable bonds is 4. The number of hydrogen-bond acceptors (Lipinski definition) is 2. The number of benzene rings is 2. The number of aryl methyl sites for hydroxylation is 2. The van der Waals surface area contributed by atoms with Gasteiger partial charge in [0.15, 0.2) is 0 Å². The molecule has 2 aromatic carbocycles. The summed E-state index contributed by atoms with van der Waals surface area (Å²) in [6.45, 7) is 6.41. The van der Waals surface area contributed by atoms with Crippen LogP contribution in [-0.4, -0.2) is 10.2 Å². The summed E-state index contributed by atoms with van der Waals surface area (Å²) in [6.07, 6.45) is 2.85. The molecule has 0 atom stereocenters. The van der Waals surface area contributed by atoms with Crippen LogP contribution in [0.15, 0.2) is 30.3 Å². The van der Waals surface area contributed by atoms with Gasteiger partial charge in [0.25, 0.3) is 0 Å². The summed E-state index contributed by atoms with van der Waals surface area (Å²) in [7, 11) is 0. The Morgan fingerprint density at radius 3 is 2.15 bits per heavy atom. The van der Waals surface area contributed by atoms with E-state index in [1.165, 1.54) is 22.8 Å². The quantitative estimate of drug-likeness (QED) is 0.806. The Bertz CT molecular complexity index is 615. The van der Waals surface area contributed by atoms with Crippen LogP contribution in [0, 0.1) is 0 Å². The normalized spacial score (nSPS) is 10.8. The van der Waals surface area contributed by atoms with E-state index >= 15 is 0 Å². The van der Waals surface area contributed by atoms with Gasteiger partial charge in [0.2, 0.25) is 0 Å². The highest BCUT2D eigenvalue weighted by Crippen LogP contribution is 2.36. The van der Waals surface area contributed by atoms with Crippen LogP contribution in [-0.2, 0) is 19.3 Å². The summed E-state index contributed by atoms with van der Waals surface area (Å²) >= 11 is 0. The first-order chi connectivity index (χ1) is 9.60. The average Bonchev–Trinajstić information content (AvgIpc) is 2.48. The Labute approximate surface area is 120 Å². The van der Waals surface area contributed by atoms with E-state index in [4.69, 9.17) is 0 Å². The second-order valence-corrected chi connectivity index (χ2v) is 5.04. The fraction of sp³-hybridized carbons (Fsp3) is 0.333. The van der Waals surface area contributed by atoms with Crippen LogP contribution in [0.25, 0.3) is 11.1 Å². The summed E-state index contributed by atoms with van der Waals surface area (Å²) in [4.78, 5) is 0. The molecule has 106 valence electrons. The van der Waals surface area contributed by atoms with Crippen molar-refractivity contribution in [2.75, 3.05) is 0 Å². The van der Waals surface area contributed by atoms with E-state index < -0.39 is 0 Å². The molecule has 0 spiro atoms. The molecule has 0 aromatic heterocycles. The second-order valence-electron chi connectivity index (χ2n) is 5.04. The SMILES string of the molecule is CCc1cc(CC)c(CC)c(-c2cc(O)ccc2O)c1. The minimum absolute atomic E-state index is 0.180. The first-order valence-electron chi connectivity index (χ1n) is 7.27. The van der Waals surface area contributed by atoms with E-state index in [1.807, 2.05) is 0 Å². The summed E-state index contributed by atoms with van der Waals surface area (Å²) in [6, 6.07) is 9.08. The standard InChI is InChI=1S/C18H22O2/c1-4-12-9-13(5-2)15(6-3)16(10-12)17-11-14(19)7-8-18(17)20/h7-11,19-20H,4-6H2,1-3H3. The molecule has 0 fully saturated rings. The van der Waals surface area contributed by atoms with E-state index in [9.17, 15) is 10.2 Å². The third kappa shape index (κ3) is 2.64. The van der Waals surface area contributed by atoms with Crippen molar-refractivity contribution in [2.45, 2.75) is 40.0 Å². The van der Waals surface area contributed by atoms with Gasteiger partial charge in [-0.15, -0.1) is 0 Å². The fourth-order valence-electron chi connectivity index (χ4n) is 2.72. The maximum atomic E-state index is 10.1. The lowest BCUT2D eigenvalue weighted by atomic mass is 9.89. The predicted octanol–water partition coefficient (Wildman–Crippen LogP) is 4.45. The monoisotopic (exact) mass is 270 g/mol. The van der Waals surface area contributed by atoms with Crippen LogP contribution in [0.4, 0.5) is 0 Å². The first-order valence-corrected chi connectivity index (χ1v) is 7.27. The zero-order valence-corrected chi connectivity index (χ0v) is 12.4. The Morgan fingerprint density at radius 2 is 1.55 bits per heavy atom. The second kappa shape index (κ2) is 6.00. The Balaban J connectivity index is 2.74. The van der Waals surface area contributed by atoms with Crippen molar-refractivity contribution in [3.05, 3.63) is 47.0 Å². The fourth-order valence-corrected chi connectivity index (χ4v) is 2.72. The van der Waals surface area contributed by atoms with Crippen molar-refractivity contribution >= 4 is 0 Å². The van der Waals surface area contributed by atoms with Crippen molar-refractivity contribution in [3.63, 3.8) is 0 Å².